The number of unbranched alkanes of at least 4 members (excludes halogenated alkanes) is 3. The minimum absolute atomic E-state index is 0.102. The largest absolute Gasteiger partial charge is 0.506 e. The van der Waals surface area contributed by atoms with Crippen molar-refractivity contribution in [3.63, 3.8) is 0 Å². The van der Waals surface area contributed by atoms with Crippen molar-refractivity contribution >= 4 is 28.9 Å². The summed E-state index contributed by atoms with van der Waals surface area (Å²) in [5, 5.41) is 19.3. The lowest BCUT2D eigenvalue weighted by atomic mass is 9.77. The molecule has 0 saturated heterocycles. The molecule has 240 valence electrons. The lowest BCUT2D eigenvalue weighted by Gasteiger charge is -2.30. The van der Waals surface area contributed by atoms with E-state index in [4.69, 9.17) is 14.2 Å². The summed E-state index contributed by atoms with van der Waals surface area (Å²) in [6.45, 7) is 12.3. The van der Waals surface area contributed by atoms with Crippen LogP contribution in [-0.2, 0) is 35.0 Å². The number of esters is 3. The van der Waals surface area contributed by atoms with E-state index in [2.05, 4.69) is 10.2 Å². The number of phenolic OH excluding ortho intramolecular Hbond substituents is 1. The van der Waals surface area contributed by atoms with E-state index in [9.17, 15) is 19.5 Å². The Morgan fingerprint density at radius 2 is 1.43 bits per heavy atom. The predicted octanol–water partition coefficient (Wildman–Crippen LogP) is 6.34. The molecule has 2 unspecified atom stereocenters. The number of carbonyl (C=O) groups excluding carboxylic acids is 3. The van der Waals surface area contributed by atoms with Crippen molar-refractivity contribution in [3.05, 3.63) is 48.0 Å². The summed E-state index contributed by atoms with van der Waals surface area (Å²) in [5.41, 5.74) is 2.13. The normalized spacial score (nSPS) is 13.2. The van der Waals surface area contributed by atoms with Crippen LogP contribution >= 0.6 is 0 Å². The lowest BCUT2D eigenvalue weighted by Crippen LogP contribution is -2.38. The zero-order valence-corrected chi connectivity index (χ0v) is 27.0. The average molecular weight is 610 g/mol. The van der Waals surface area contributed by atoms with Crippen LogP contribution in [0.15, 0.2) is 42.5 Å². The second-order valence-corrected chi connectivity index (χ2v) is 12.6. The monoisotopic (exact) mass is 609 g/mol. The van der Waals surface area contributed by atoms with Crippen LogP contribution in [0.3, 0.4) is 0 Å². The van der Waals surface area contributed by atoms with Crippen LogP contribution in [0.2, 0.25) is 0 Å². The Bertz CT molecular complexity index is 1380. The number of aryl methyl sites for hydroxylation is 1. The van der Waals surface area contributed by atoms with Crippen molar-refractivity contribution < 1.29 is 33.7 Å². The SMILES string of the molecule is CC(C)OC(=O)C(C)C(CC(C)(C)C(=O)OCCCCCCc1ccc(O)c(-n2nc3ccccc3n2)c1)C(=O)OC(C)C. The molecule has 1 N–H and O–H groups in total. The standard InChI is InChI=1S/C34H47N3O7/c1-22(2)43-31(39)24(5)26(32(40)44-23(3)4)21-34(6,7)33(41)42-19-13-9-8-10-14-25-17-18-30(38)29(20-25)37-35-27-15-11-12-16-28(27)36-37/h11-12,15-18,20,22-24,26,38H,8-10,13-14,19,21H2,1-7H3. The summed E-state index contributed by atoms with van der Waals surface area (Å²) >= 11 is 0. The van der Waals surface area contributed by atoms with Gasteiger partial charge in [0.05, 0.1) is 36.1 Å². The van der Waals surface area contributed by atoms with Crippen molar-refractivity contribution in [2.75, 3.05) is 6.61 Å². The number of carbonyl (C=O) groups is 3. The molecule has 0 radical (unpaired) electrons. The quantitative estimate of drug-likeness (QED) is 0.112. The fourth-order valence-corrected chi connectivity index (χ4v) is 4.92. The number of benzene rings is 2. The fourth-order valence-electron chi connectivity index (χ4n) is 4.92. The number of rotatable bonds is 16. The first-order valence-corrected chi connectivity index (χ1v) is 15.5. The van der Waals surface area contributed by atoms with Gasteiger partial charge in [0.15, 0.2) is 0 Å². The van der Waals surface area contributed by atoms with Crippen molar-refractivity contribution in [2.45, 2.75) is 99.2 Å². The molecule has 0 aliphatic rings. The van der Waals surface area contributed by atoms with Crippen molar-refractivity contribution in [2.24, 2.45) is 17.3 Å². The van der Waals surface area contributed by atoms with Gasteiger partial charge in [-0.2, -0.15) is 0 Å². The van der Waals surface area contributed by atoms with Gasteiger partial charge in [-0.25, -0.2) is 0 Å². The maximum atomic E-state index is 13.0. The van der Waals surface area contributed by atoms with Crippen LogP contribution in [0, 0.1) is 17.3 Å². The highest BCUT2D eigenvalue weighted by molar-refractivity contribution is 5.83. The van der Waals surface area contributed by atoms with Gasteiger partial charge in [-0.05, 0) is 97.1 Å². The number of nitrogens with zero attached hydrogens (tertiary/aromatic N) is 3. The van der Waals surface area contributed by atoms with Gasteiger partial charge in [0, 0.05) is 0 Å². The van der Waals surface area contributed by atoms with E-state index < -0.39 is 35.2 Å². The first-order chi connectivity index (χ1) is 20.8. The summed E-state index contributed by atoms with van der Waals surface area (Å²) < 4.78 is 16.3. The summed E-state index contributed by atoms with van der Waals surface area (Å²) in [7, 11) is 0. The van der Waals surface area contributed by atoms with Gasteiger partial charge < -0.3 is 19.3 Å². The van der Waals surface area contributed by atoms with Gasteiger partial charge in [0.2, 0.25) is 0 Å². The minimum Gasteiger partial charge on any atom is -0.506 e. The first-order valence-electron chi connectivity index (χ1n) is 15.5. The highest BCUT2D eigenvalue weighted by Gasteiger charge is 2.41. The van der Waals surface area contributed by atoms with Gasteiger partial charge in [-0.15, -0.1) is 15.0 Å². The van der Waals surface area contributed by atoms with Crippen molar-refractivity contribution in [1.82, 2.24) is 15.0 Å². The number of hydrogen-bond donors (Lipinski definition) is 1. The zero-order valence-electron chi connectivity index (χ0n) is 27.0. The van der Waals surface area contributed by atoms with Crippen LogP contribution in [0.4, 0.5) is 0 Å². The van der Waals surface area contributed by atoms with E-state index >= 15 is 0 Å². The Balaban J connectivity index is 1.45. The van der Waals surface area contributed by atoms with Gasteiger partial charge in [0.1, 0.15) is 22.5 Å². The van der Waals surface area contributed by atoms with Crippen molar-refractivity contribution in [3.8, 4) is 11.4 Å². The summed E-state index contributed by atoms with van der Waals surface area (Å²) in [5.74, 6) is -2.92. The second kappa shape index (κ2) is 15.7. The van der Waals surface area contributed by atoms with Gasteiger partial charge in [-0.1, -0.05) is 38.0 Å². The van der Waals surface area contributed by atoms with Gasteiger partial charge in [-0.3, -0.25) is 14.4 Å². The third-order valence-corrected chi connectivity index (χ3v) is 7.40. The summed E-state index contributed by atoms with van der Waals surface area (Å²) in [4.78, 5) is 40.0. The molecular formula is C34H47N3O7. The van der Waals surface area contributed by atoms with Crippen LogP contribution in [0.1, 0.15) is 86.1 Å². The molecule has 0 amide bonds. The Morgan fingerprint density at radius 3 is 2.05 bits per heavy atom. The van der Waals surface area contributed by atoms with Crippen molar-refractivity contribution in [1.29, 1.82) is 0 Å². The Labute approximate surface area is 260 Å². The first kappa shape index (κ1) is 34.5. The molecule has 3 aromatic rings. The molecule has 1 heterocycles. The van der Waals surface area contributed by atoms with E-state index in [0.717, 1.165) is 42.3 Å². The maximum absolute atomic E-state index is 13.0. The van der Waals surface area contributed by atoms with Crippen LogP contribution in [-0.4, -0.2) is 56.8 Å². The number of phenols is 1. The molecule has 2 atom stereocenters. The molecule has 0 aliphatic heterocycles. The van der Waals surface area contributed by atoms with Gasteiger partial charge >= 0.3 is 17.9 Å². The number of aromatic nitrogens is 3. The molecule has 44 heavy (non-hydrogen) atoms. The topological polar surface area (TPSA) is 130 Å². The Kier molecular flexibility index (Phi) is 12.3. The lowest BCUT2D eigenvalue weighted by molar-refractivity contribution is -0.168. The second-order valence-electron chi connectivity index (χ2n) is 12.6. The molecule has 0 fully saturated rings. The Morgan fingerprint density at radius 1 is 0.841 bits per heavy atom. The minimum atomic E-state index is -1.00. The smallest absolute Gasteiger partial charge is 0.311 e. The highest BCUT2D eigenvalue weighted by atomic mass is 16.6. The van der Waals surface area contributed by atoms with E-state index in [0.29, 0.717) is 12.1 Å². The summed E-state index contributed by atoms with van der Waals surface area (Å²) in [6.07, 6.45) is 3.73. The van der Waals surface area contributed by atoms with Crippen LogP contribution in [0.25, 0.3) is 16.7 Å². The maximum Gasteiger partial charge on any atom is 0.311 e. The molecule has 1 aromatic heterocycles. The molecule has 0 spiro atoms. The molecular weight excluding hydrogens is 562 g/mol. The molecule has 10 nitrogen and oxygen atoms in total. The van der Waals surface area contributed by atoms with Crippen LogP contribution in [0.5, 0.6) is 5.75 Å². The molecule has 10 heteroatoms. The molecule has 0 aliphatic carbocycles. The highest BCUT2D eigenvalue weighted by Crippen LogP contribution is 2.33. The summed E-state index contributed by atoms with van der Waals surface area (Å²) in [6, 6.07) is 13.0. The third-order valence-electron chi connectivity index (χ3n) is 7.40. The van der Waals surface area contributed by atoms with Gasteiger partial charge in [0.25, 0.3) is 0 Å². The Hall–Kier alpha value is -3.95. The van der Waals surface area contributed by atoms with Crippen LogP contribution < -0.4 is 0 Å². The number of fused-ring (bicyclic) bond motifs is 1. The molecule has 2 aromatic carbocycles. The van der Waals surface area contributed by atoms with E-state index in [1.807, 2.05) is 36.4 Å². The molecule has 0 saturated carbocycles. The third kappa shape index (κ3) is 9.79. The molecule has 3 rings (SSSR count). The zero-order chi connectivity index (χ0) is 32.4. The number of hydrogen-bond acceptors (Lipinski definition) is 9. The fraction of sp³-hybridized carbons (Fsp3) is 0.559. The number of aromatic hydroxyl groups is 1. The van der Waals surface area contributed by atoms with E-state index in [1.165, 1.54) is 4.80 Å². The van der Waals surface area contributed by atoms with E-state index in [-0.39, 0.29) is 31.0 Å². The number of ether oxygens (including phenoxy) is 3. The van der Waals surface area contributed by atoms with E-state index in [1.54, 1.807) is 54.5 Å². The molecule has 0 bridgehead atoms. The predicted molar refractivity (Wildman–Crippen MR) is 167 cm³/mol. The average Bonchev–Trinajstić information content (AvgIpc) is 3.39.